The molecule has 25 heavy (non-hydrogen) atoms. The number of piperidine rings is 1. The smallest absolute Gasteiger partial charge is 0.224 e. The maximum Gasteiger partial charge on any atom is 0.224 e. The van der Waals surface area contributed by atoms with E-state index in [1.807, 2.05) is 30.5 Å². The summed E-state index contributed by atoms with van der Waals surface area (Å²) in [5.74, 6) is 0.0576. The molecule has 1 atom stereocenters. The summed E-state index contributed by atoms with van der Waals surface area (Å²) in [5.41, 5.74) is 0.728. The summed E-state index contributed by atoms with van der Waals surface area (Å²) in [5, 5.41) is 10.9. The molecule has 1 aliphatic heterocycles. The van der Waals surface area contributed by atoms with Crippen LogP contribution in [-0.2, 0) is 11.3 Å². The van der Waals surface area contributed by atoms with Crippen LogP contribution in [0.2, 0.25) is 0 Å². The van der Waals surface area contributed by atoms with E-state index in [0.717, 1.165) is 23.3 Å². The molecule has 132 valence electrons. The molecule has 0 aliphatic carbocycles. The predicted octanol–water partition coefficient (Wildman–Crippen LogP) is 1.91. The second-order valence-corrected chi connectivity index (χ2v) is 6.97. The Hall–Kier alpha value is -2.22. The zero-order valence-corrected chi connectivity index (χ0v) is 15.0. The SMILES string of the molecule is CSc1ccc(C(=O)[C@H]2CCCN(C(=O)CCn3cnnn3)C2)cc1. The number of ketones is 1. The number of aryl methyl sites for hydroxylation is 1. The van der Waals surface area contributed by atoms with E-state index in [1.54, 1.807) is 16.7 Å². The van der Waals surface area contributed by atoms with Crippen molar-refractivity contribution in [1.82, 2.24) is 25.1 Å². The van der Waals surface area contributed by atoms with Crippen molar-refractivity contribution in [2.45, 2.75) is 30.7 Å². The molecule has 1 aromatic carbocycles. The number of tetrazole rings is 1. The molecule has 0 unspecified atom stereocenters. The fraction of sp³-hybridized carbons (Fsp3) is 0.471. The number of aromatic nitrogens is 4. The summed E-state index contributed by atoms with van der Waals surface area (Å²) in [4.78, 5) is 28.1. The van der Waals surface area contributed by atoms with Gasteiger partial charge in [0.1, 0.15) is 6.33 Å². The molecule has 3 rings (SSSR count). The second kappa shape index (κ2) is 8.24. The number of hydrogen-bond acceptors (Lipinski definition) is 6. The van der Waals surface area contributed by atoms with E-state index in [2.05, 4.69) is 15.5 Å². The third kappa shape index (κ3) is 4.45. The average molecular weight is 359 g/mol. The minimum Gasteiger partial charge on any atom is -0.342 e. The zero-order valence-electron chi connectivity index (χ0n) is 14.2. The van der Waals surface area contributed by atoms with E-state index in [0.29, 0.717) is 26.1 Å². The molecule has 0 saturated carbocycles. The predicted molar refractivity (Wildman–Crippen MR) is 94.3 cm³/mol. The van der Waals surface area contributed by atoms with Crippen molar-refractivity contribution in [1.29, 1.82) is 0 Å². The average Bonchev–Trinajstić information content (AvgIpc) is 3.19. The molecule has 1 aromatic heterocycles. The summed E-state index contributed by atoms with van der Waals surface area (Å²) < 4.78 is 1.54. The number of hydrogen-bond donors (Lipinski definition) is 0. The normalized spacial score (nSPS) is 17.5. The monoisotopic (exact) mass is 359 g/mol. The third-order valence-corrected chi connectivity index (χ3v) is 5.21. The van der Waals surface area contributed by atoms with Gasteiger partial charge >= 0.3 is 0 Å². The molecule has 1 fully saturated rings. The Kier molecular flexibility index (Phi) is 5.80. The Balaban J connectivity index is 1.57. The van der Waals surface area contributed by atoms with Gasteiger partial charge in [0.15, 0.2) is 5.78 Å². The van der Waals surface area contributed by atoms with Crippen molar-refractivity contribution in [2.24, 2.45) is 5.92 Å². The zero-order chi connectivity index (χ0) is 17.6. The molecular formula is C17H21N5O2S. The van der Waals surface area contributed by atoms with Gasteiger partial charge in [0.05, 0.1) is 6.54 Å². The van der Waals surface area contributed by atoms with Gasteiger partial charge in [0.25, 0.3) is 0 Å². The Bertz CT molecular complexity index is 717. The summed E-state index contributed by atoms with van der Waals surface area (Å²) in [6.45, 7) is 1.66. The van der Waals surface area contributed by atoms with Crippen LogP contribution in [0.3, 0.4) is 0 Å². The number of amides is 1. The van der Waals surface area contributed by atoms with Crippen molar-refractivity contribution < 1.29 is 9.59 Å². The molecule has 1 saturated heterocycles. The van der Waals surface area contributed by atoms with Gasteiger partial charge in [0.2, 0.25) is 5.91 Å². The molecule has 1 aliphatic rings. The summed E-state index contributed by atoms with van der Waals surface area (Å²) in [7, 11) is 0. The van der Waals surface area contributed by atoms with Gasteiger partial charge in [-0.3, -0.25) is 9.59 Å². The molecule has 2 aromatic rings. The third-order valence-electron chi connectivity index (χ3n) is 4.47. The van der Waals surface area contributed by atoms with E-state index in [4.69, 9.17) is 0 Å². The molecule has 0 spiro atoms. The standard InChI is InChI=1S/C17H21N5O2S/c1-25-15-6-4-13(5-7-15)17(24)14-3-2-9-21(11-14)16(23)8-10-22-12-18-19-20-22/h4-7,12,14H,2-3,8-11H2,1H3/t14-/m0/s1. The fourth-order valence-electron chi connectivity index (χ4n) is 3.06. The second-order valence-electron chi connectivity index (χ2n) is 6.09. The van der Waals surface area contributed by atoms with E-state index >= 15 is 0 Å². The summed E-state index contributed by atoms with van der Waals surface area (Å²) >= 11 is 1.65. The molecule has 2 heterocycles. The first-order chi connectivity index (χ1) is 12.2. The van der Waals surface area contributed by atoms with Crippen LogP contribution in [0.15, 0.2) is 35.5 Å². The Morgan fingerprint density at radius 3 is 2.76 bits per heavy atom. The minimum absolute atomic E-state index is 0.0470. The van der Waals surface area contributed by atoms with E-state index in [1.165, 1.54) is 11.0 Å². The number of nitrogens with zero attached hydrogens (tertiary/aromatic N) is 5. The van der Waals surface area contributed by atoms with Crippen LogP contribution in [0, 0.1) is 5.92 Å². The molecule has 8 heteroatoms. The van der Waals surface area contributed by atoms with Crippen LogP contribution in [-0.4, -0.2) is 56.1 Å². The topological polar surface area (TPSA) is 81.0 Å². The number of likely N-dealkylation sites (tertiary alicyclic amines) is 1. The number of carbonyl (C=O) groups is 2. The lowest BCUT2D eigenvalue weighted by molar-refractivity contribution is -0.132. The first-order valence-corrected chi connectivity index (χ1v) is 9.56. The highest BCUT2D eigenvalue weighted by Gasteiger charge is 2.28. The fourth-order valence-corrected chi connectivity index (χ4v) is 3.47. The van der Waals surface area contributed by atoms with Crippen LogP contribution in [0.4, 0.5) is 0 Å². The van der Waals surface area contributed by atoms with Gasteiger partial charge in [0, 0.05) is 35.9 Å². The molecule has 0 N–H and O–H groups in total. The van der Waals surface area contributed by atoms with Crippen LogP contribution >= 0.6 is 11.8 Å². The first kappa shape index (κ1) is 17.6. The number of carbonyl (C=O) groups excluding carboxylic acids is 2. The van der Waals surface area contributed by atoms with Gasteiger partial charge in [-0.1, -0.05) is 12.1 Å². The largest absolute Gasteiger partial charge is 0.342 e. The van der Waals surface area contributed by atoms with Crippen LogP contribution in [0.1, 0.15) is 29.6 Å². The maximum absolute atomic E-state index is 12.7. The number of Topliss-reactive ketones (excluding diaryl/α,β-unsaturated/α-hetero) is 1. The highest BCUT2D eigenvalue weighted by atomic mass is 32.2. The van der Waals surface area contributed by atoms with Gasteiger partial charge in [-0.15, -0.1) is 16.9 Å². The highest BCUT2D eigenvalue weighted by Crippen LogP contribution is 2.23. The van der Waals surface area contributed by atoms with Gasteiger partial charge < -0.3 is 4.90 Å². The van der Waals surface area contributed by atoms with Crippen molar-refractivity contribution >= 4 is 23.5 Å². The number of rotatable bonds is 6. The van der Waals surface area contributed by atoms with Crippen molar-refractivity contribution in [3.63, 3.8) is 0 Å². The summed E-state index contributed by atoms with van der Waals surface area (Å²) in [6, 6.07) is 7.70. The van der Waals surface area contributed by atoms with Gasteiger partial charge in [-0.2, -0.15) is 0 Å². The number of thioether (sulfide) groups is 1. The Labute approximate surface area is 150 Å². The van der Waals surface area contributed by atoms with Crippen LogP contribution < -0.4 is 0 Å². The molecule has 7 nitrogen and oxygen atoms in total. The molecular weight excluding hydrogens is 338 g/mol. The Morgan fingerprint density at radius 2 is 2.08 bits per heavy atom. The van der Waals surface area contributed by atoms with Crippen LogP contribution in [0.5, 0.6) is 0 Å². The minimum atomic E-state index is -0.120. The highest BCUT2D eigenvalue weighted by molar-refractivity contribution is 7.98. The van der Waals surface area contributed by atoms with Crippen molar-refractivity contribution in [2.75, 3.05) is 19.3 Å². The molecule has 0 radical (unpaired) electrons. The lowest BCUT2D eigenvalue weighted by atomic mass is 9.90. The lowest BCUT2D eigenvalue weighted by Gasteiger charge is -2.32. The molecule has 0 bridgehead atoms. The first-order valence-electron chi connectivity index (χ1n) is 8.34. The Morgan fingerprint density at radius 1 is 1.28 bits per heavy atom. The van der Waals surface area contributed by atoms with Crippen LogP contribution in [0.25, 0.3) is 0 Å². The van der Waals surface area contributed by atoms with E-state index in [9.17, 15) is 9.59 Å². The van der Waals surface area contributed by atoms with Gasteiger partial charge in [-0.05, 0) is 41.7 Å². The van der Waals surface area contributed by atoms with Crippen molar-refractivity contribution in [3.05, 3.63) is 36.2 Å². The number of benzene rings is 1. The van der Waals surface area contributed by atoms with E-state index < -0.39 is 0 Å². The summed E-state index contributed by atoms with van der Waals surface area (Å²) in [6.07, 6.45) is 5.54. The maximum atomic E-state index is 12.7. The van der Waals surface area contributed by atoms with E-state index in [-0.39, 0.29) is 17.6 Å². The quantitative estimate of drug-likeness (QED) is 0.579. The van der Waals surface area contributed by atoms with Gasteiger partial charge in [-0.25, -0.2) is 4.68 Å². The molecule has 1 amide bonds. The van der Waals surface area contributed by atoms with Crippen molar-refractivity contribution in [3.8, 4) is 0 Å². The lowest BCUT2D eigenvalue weighted by Crippen LogP contribution is -2.42.